The van der Waals surface area contributed by atoms with Gasteiger partial charge in [-0.1, -0.05) is 0 Å². The lowest BCUT2D eigenvalue weighted by molar-refractivity contribution is 0.486. The second-order valence-corrected chi connectivity index (χ2v) is 3.92. The maximum absolute atomic E-state index is 11.8. The average molecular weight is 197 g/mol. The van der Waals surface area contributed by atoms with Crippen molar-refractivity contribution in [2.24, 2.45) is 0 Å². The molecule has 1 aromatic rings. The first-order chi connectivity index (χ1) is 6.56. The molecular formula is C10H19N3O. The molecule has 14 heavy (non-hydrogen) atoms. The largest absolute Gasteiger partial charge is 0.328 e. The number of hydrogen-bond donors (Lipinski definition) is 1. The van der Waals surface area contributed by atoms with Gasteiger partial charge in [-0.05, 0) is 27.8 Å². The Kier molecular flexibility index (Phi) is 3.52. The maximum atomic E-state index is 11.8. The van der Waals surface area contributed by atoms with E-state index in [2.05, 4.69) is 12.2 Å². The topological polar surface area (TPSA) is 39.0 Å². The Hall–Kier alpha value is -1.03. The van der Waals surface area contributed by atoms with Crippen molar-refractivity contribution >= 4 is 0 Å². The highest BCUT2D eigenvalue weighted by atomic mass is 16.1. The number of aromatic nitrogens is 2. The van der Waals surface area contributed by atoms with Gasteiger partial charge < -0.3 is 5.32 Å². The molecule has 0 amide bonds. The second-order valence-electron chi connectivity index (χ2n) is 3.92. The van der Waals surface area contributed by atoms with Crippen molar-refractivity contribution in [1.82, 2.24) is 14.5 Å². The molecule has 4 nitrogen and oxygen atoms in total. The van der Waals surface area contributed by atoms with E-state index in [0.29, 0.717) is 6.04 Å². The fraction of sp³-hybridized carbons (Fsp3) is 0.700. The molecule has 1 heterocycles. The summed E-state index contributed by atoms with van der Waals surface area (Å²) in [5.41, 5.74) is 0.0714. The Labute approximate surface area is 84.5 Å². The minimum absolute atomic E-state index is 0.0714. The van der Waals surface area contributed by atoms with Gasteiger partial charge in [0.05, 0.1) is 0 Å². The van der Waals surface area contributed by atoms with Crippen LogP contribution in [-0.4, -0.2) is 22.2 Å². The fourth-order valence-electron chi connectivity index (χ4n) is 1.35. The number of nitrogens with one attached hydrogen (secondary N) is 1. The van der Waals surface area contributed by atoms with Crippen LogP contribution in [0.3, 0.4) is 0 Å². The van der Waals surface area contributed by atoms with Gasteiger partial charge in [0.25, 0.3) is 0 Å². The van der Waals surface area contributed by atoms with Crippen LogP contribution in [-0.2, 0) is 6.54 Å². The summed E-state index contributed by atoms with van der Waals surface area (Å²) in [4.78, 5) is 11.8. The summed E-state index contributed by atoms with van der Waals surface area (Å²) < 4.78 is 3.48. The van der Waals surface area contributed by atoms with Gasteiger partial charge in [0.15, 0.2) is 0 Å². The Morgan fingerprint density at radius 3 is 2.43 bits per heavy atom. The van der Waals surface area contributed by atoms with Gasteiger partial charge in [-0.3, -0.25) is 9.13 Å². The molecule has 0 aliphatic carbocycles. The summed E-state index contributed by atoms with van der Waals surface area (Å²) in [6.07, 6.45) is 3.69. The Balaban J connectivity index is 2.85. The smallest absolute Gasteiger partial charge is 0.315 e. The second kappa shape index (κ2) is 4.46. The van der Waals surface area contributed by atoms with Crippen LogP contribution in [0.15, 0.2) is 17.2 Å². The average Bonchev–Trinajstić information content (AvgIpc) is 2.48. The van der Waals surface area contributed by atoms with Crippen molar-refractivity contribution in [1.29, 1.82) is 0 Å². The van der Waals surface area contributed by atoms with Gasteiger partial charge >= 0.3 is 5.69 Å². The molecule has 0 aliphatic heterocycles. The monoisotopic (exact) mass is 197 g/mol. The van der Waals surface area contributed by atoms with Crippen LogP contribution in [0.5, 0.6) is 0 Å². The molecule has 80 valence electrons. The molecule has 1 rings (SSSR count). The van der Waals surface area contributed by atoms with E-state index < -0.39 is 0 Å². The van der Waals surface area contributed by atoms with E-state index in [0.717, 1.165) is 6.54 Å². The highest BCUT2D eigenvalue weighted by molar-refractivity contribution is 4.84. The third-order valence-electron chi connectivity index (χ3n) is 2.39. The van der Waals surface area contributed by atoms with Crippen molar-refractivity contribution in [2.75, 3.05) is 7.05 Å². The SMILES string of the molecule is CNC(C)Cn1ccn(C(C)C)c1=O. The number of hydrogen-bond acceptors (Lipinski definition) is 2. The minimum Gasteiger partial charge on any atom is -0.315 e. The van der Waals surface area contributed by atoms with Gasteiger partial charge in [0.2, 0.25) is 0 Å². The number of likely N-dealkylation sites (N-methyl/N-ethyl adjacent to an activating group) is 1. The standard InChI is InChI=1S/C10H19N3O/c1-8(2)13-6-5-12(10(13)14)7-9(3)11-4/h5-6,8-9,11H,7H2,1-4H3. The van der Waals surface area contributed by atoms with Crippen molar-refractivity contribution in [3.8, 4) is 0 Å². The quantitative estimate of drug-likeness (QED) is 0.777. The summed E-state index contributed by atoms with van der Waals surface area (Å²) in [5.74, 6) is 0. The predicted molar refractivity (Wildman–Crippen MR) is 57.6 cm³/mol. The molecule has 0 bridgehead atoms. The maximum Gasteiger partial charge on any atom is 0.328 e. The molecule has 0 aromatic carbocycles. The molecule has 0 radical (unpaired) electrons. The molecule has 4 heteroatoms. The number of imidazole rings is 1. The predicted octanol–water partition coefficient (Wildman–Crippen LogP) is 0.839. The van der Waals surface area contributed by atoms with Crippen LogP contribution < -0.4 is 11.0 Å². The van der Waals surface area contributed by atoms with Crippen LogP contribution in [0.25, 0.3) is 0 Å². The summed E-state index contributed by atoms with van der Waals surface area (Å²) in [7, 11) is 1.90. The Morgan fingerprint density at radius 1 is 1.36 bits per heavy atom. The van der Waals surface area contributed by atoms with Gasteiger partial charge in [-0.25, -0.2) is 4.79 Å². The molecule has 1 atom stereocenters. The van der Waals surface area contributed by atoms with E-state index in [1.54, 1.807) is 9.13 Å². The zero-order valence-electron chi connectivity index (χ0n) is 9.32. The minimum atomic E-state index is 0.0714. The van der Waals surface area contributed by atoms with Crippen molar-refractivity contribution < 1.29 is 0 Å². The van der Waals surface area contributed by atoms with Gasteiger partial charge in [-0.15, -0.1) is 0 Å². The Bertz CT molecular complexity index is 337. The zero-order valence-corrected chi connectivity index (χ0v) is 9.32. The lowest BCUT2D eigenvalue weighted by Crippen LogP contribution is -2.33. The number of nitrogens with zero attached hydrogens (tertiary/aromatic N) is 2. The lowest BCUT2D eigenvalue weighted by atomic mass is 10.3. The van der Waals surface area contributed by atoms with Crippen molar-refractivity contribution in [2.45, 2.75) is 39.4 Å². The van der Waals surface area contributed by atoms with E-state index in [4.69, 9.17) is 0 Å². The summed E-state index contributed by atoms with van der Waals surface area (Å²) in [5, 5.41) is 3.11. The van der Waals surface area contributed by atoms with Gasteiger partial charge in [0, 0.05) is 31.0 Å². The normalized spacial score (nSPS) is 13.5. The molecule has 0 aliphatic rings. The molecule has 1 unspecified atom stereocenters. The van der Waals surface area contributed by atoms with Crippen LogP contribution >= 0.6 is 0 Å². The third kappa shape index (κ3) is 2.26. The first-order valence-corrected chi connectivity index (χ1v) is 5.00. The fourth-order valence-corrected chi connectivity index (χ4v) is 1.35. The molecular weight excluding hydrogens is 178 g/mol. The third-order valence-corrected chi connectivity index (χ3v) is 2.39. The van der Waals surface area contributed by atoms with Gasteiger partial charge in [0.1, 0.15) is 0 Å². The van der Waals surface area contributed by atoms with Crippen LogP contribution in [0.4, 0.5) is 0 Å². The summed E-state index contributed by atoms with van der Waals surface area (Å²) in [6.45, 7) is 6.79. The first-order valence-electron chi connectivity index (χ1n) is 5.00. The molecule has 1 N–H and O–H groups in total. The van der Waals surface area contributed by atoms with Crippen LogP contribution in [0, 0.1) is 0 Å². The zero-order chi connectivity index (χ0) is 10.7. The first kappa shape index (κ1) is 11.0. The van der Waals surface area contributed by atoms with E-state index in [1.165, 1.54) is 0 Å². The van der Waals surface area contributed by atoms with Crippen molar-refractivity contribution in [3.63, 3.8) is 0 Å². The highest BCUT2D eigenvalue weighted by Crippen LogP contribution is 1.99. The lowest BCUT2D eigenvalue weighted by Gasteiger charge is -2.10. The van der Waals surface area contributed by atoms with Crippen molar-refractivity contribution in [3.05, 3.63) is 22.9 Å². The van der Waals surface area contributed by atoms with E-state index in [9.17, 15) is 4.79 Å². The molecule has 1 aromatic heterocycles. The van der Waals surface area contributed by atoms with Crippen LogP contribution in [0.2, 0.25) is 0 Å². The van der Waals surface area contributed by atoms with E-state index >= 15 is 0 Å². The summed E-state index contributed by atoms with van der Waals surface area (Å²) >= 11 is 0. The summed E-state index contributed by atoms with van der Waals surface area (Å²) in [6, 6.07) is 0.546. The molecule has 0 fully saturated rings. The Morgan fingerprint density at radius 2 is 2.00 bits per heavy atom. The molecule has 0 saturated carbocycles. The molecule has 0 spiro atoms. The molecule has 0 saturated heterocycles. The highest BCUT2D eigenvalue weighted by Gasteiger charge is 2.07. The van der Waals surface area contributed by atoms with Crippen LogP contribution in [0.1, 0.15) is 26.8 Å². The number of rotatable bonds is 4. The van der Waals surface area contributed by atoms with E-state index in [-0.39, 0.29) is 11.7 Å². The van der Waals surface area contributed by atoms with E-state index in [1.807, 2.05) is 33.3 Å². The van der Waals surface area contributed by atoms with Gasteiger partial charge in [-0.2, -0.15) is 0 Å².